The molecule has 3 nitrogen and oxygen atoms in total. The number of fused-ring (bicyclic) bond motifs is 1. The zero-order valence-corrected chi connectivity index (χ0v) is 13.1. The van der Waals surface area contributed by atoms with Gasteiger partial charge in [-0.2, -0.15) is 0 Å². The monoisotopic (exact) mass is 343 g/mol. The zero-order chi connectivity index (χ0) is 14.8. The topological polar surface area (TPSA) is 42.2 Å². The molecule has 0 aliphatic rings. The van der Waals surface area contributed by atoms with Gasteiger partial charge in [-0.15, -0.1) is 0 Å². The largest absolute Gasteiger partial charge is 0.451 e. The lowest BCUT2D eigenvalue weighted by Crippen LogP contribution is -2.12. The second-order valence-corrected chi connectivity index (χ2v) is 5.46. The quantitative estimate of drug-likeness (QED) is 0.688. The fourth-order valence-electron chi connectivity index (χ4n) is 2.22. The van der Waals surface area contributed by atoms with Crippen LogP contribution in [0.5, 0.6) is 0 Å². The maximum absolute atomic E-state index is 12.3. The van der Waals surface area contributed by atoms with E-state index >= 15 is 0 Å². The number of amides is 1. The summed E-state index contributed by atoms with van der Waals surface area (Å²) in [6.07, 6.45) is 0. The first kappa shape index (κ1) is 13.9. The summed E-state index contributed by atoms with van der Waals surface area (Å²) in [5.41, 5.74) is 3.67. The molecule has 106 valence electrons. The summed E-state index contributed by atoms with van der Waals surface area (Å²) in [4.78, 5) is 12.3. The first-order chi connectivity index (χ1) is 10.2. The van der Waals surface area contributed by atoms with Crippen molar-refractivity contribution in [1.29, 1.82) is 0 Å². The summed E-state index contributed by atoms with van der Waals surface area (Å²) in [6.45, 7) is 2.01. The first-order valence-corrected chi connectivity index (χ1v) is 7.75. The van der Waals surface area contributed by atoms with Crippen molar-refractivity contribution in [2.75, 3.05) is 5.32 Å². The van der Waals surface area contributed by atoms with Crippen molar-refractivity contribution in [2.24, 2.45) is 0 Å². The van der Waals surface area contributed by atoms with Crippen LogP contribution in [-0.2, 0) is 5.33 Å². The van der Waals surface area contributed by atoms with Crippen LogP contribution < -0.4 is 5.32 Å². The van der Waals surface area contributed by atoms with E-state index in [-0.39, 0.29) is 5.91 Å². The Bertz CT molecular complexity index is 807. The number of alkyl halides is 1. The third-order valence-electron chi connectivity index (χ3n) is 3.31. The number of aryl methyl sites for hydroxylation is 1. The van der Waals surface area contributed by atoms with Gasteiger partial charge in [0.2, 0.25) is 0 Å². The van der Waals surface area contributed by atoms with Crippen LogP contribution in [0.1, 0.15) is 21.7 Å². The number of carbonyl (C=O) groups excluding carboxylic acids is 1. The molecular weight excluding hydrogens is 330 g/mol. The summed E-state index contributed by atoms with van der Waals surface area (Å²) in [6, 6.07) is 15.3. The Morgan fingerprint density at radius 2 is 2.00 bits per heavy atom. The molecule has 0 saturated heterocycles. The highest BCUT2D eigenvalue weighted by atomic mass is 79.9. The van der Waals surface area contributed by atoms with Gasteiger partial charge in [-0.25, -0.2) is 0 Å². The number of para-hydroxylation sites is 1. The number of hydrogen-bond acceptors (Lipinski definition) is 2. The Labute approximate surface area is 131 Å². The molecule has 1 N–H and O–H groups in total. The average molecular weight is 344 g/mol. The molecular formula is C17H14BrNO2. The molecule has 1 heterocycles. The van der Waals surface area contributed by atoms with E-state index in [9.17, 15) is 4.79 Å². The summed E-state index contributed by atoms with van der Waals surface area (Å²) in [5.74, 6) is 0.0808. The third-order valence-corrected chi connectivity index (χ3v) is 3.91. The summed E-state index contributed by atoms with van der Waals surface area (Å²) in [5, 5.41) is 4.51. The normalized spacial score (nSPS) is 10.8. The predicted octanol–water partition coefficient (Wildman–Crippen LogP) is 4.89. The van der Waals surface area contributed by atoms with E-state index in [1.165, 1.54) is 0 Å². The minimum absolute atomic E-state index is 0.239. The molecule has 0 saturated carbocycles. The van der Waals surface area contributed by atoms with Gasteiger partial charge in [0.15, 0.2) is 5.76 Å². The Morgan fingerprint density at radius 1 is 1.19 bits per heavy atom. The van der Waals surface area contributed by atoms with E-state index in [2.05, 4.69) is 21.2 Å². The van der Waals surface area contributed by atoms with Crippen LogP contribution in [0.2, 0.25) is 0 Å². The minimum Gasteiger partial charge on any atom is -0.451 e. The van der Waals surface area contributed by atoms with Crippen LogP contribution in [0.15, 0.2) is 52.9 Å². The van der Waals surface area contributed by atoms with E-state index < -0.39 is 0 Å². The number of rotatable bonds is 3. The molecule has 2 aromatic carbocycles. The molecule has 0 unspecified atom stereocenters. The Balaban J connectivity index is 1.90. The maximum atomic E-state index is 12.3. The van der Waals surface area contributed by atoms with E-state index in [0.717, 1.165) is 27.8 Å². The van der Waals surface area contributed by atoms with Gasteiger partial charge >= 0.3 is 0 Å². The molecule has 1 aromatic heterocycles. The highest BCUT2D eigenvalue weighted by Crippen LogP contribution is 2.23. The molecule has 3 aromatic rings. The van der Waals surface area contributed by atoms with Crippen molar-refractivity contribution in [3.05, 3.63) is 65.4 Å². The lowest BCUT2D eigenvalue weighted by Gasteiger charge is -2.07. The number of furan rings is 1. The molecule has 21 heavy (non-hydrogen) atoms. The van der Waals surface area contributed by atoms with Crippen LogP contribution in [0.4, 0.5) is 5.69 Å². The Kier molecular flexibility index (Phi) is 3.80. The van der Waals surface area contributed by atoms with Crippen molar-refractivity contribution in [2.45, 2.75) is 12.3 Å². The number of benzene rings is 2. The number of anilines is 1. The lowest BCUT2D eigenvalue weighted by atomic mass is 10.2. The van der Waals surface area contributed by atoms with E-state index in [1.807, 2.05) is 49.4 Å². The van der Waals surface area contributed by atoms with Crippen molar-refractivity contribution < 1.29 is 9.21 Å². The van der Waals surface area contributed by atoms with Gasteiger partial charge in [0.05, 0.1) is 0 Å². The van der Waals surface area contributed by atoms with Crippen molar-refractivity contribution >= 4 is 38.5 Å². The SMILES string of the molecule is Cc1ccc2oc(C(=O)Nc3ccccc3CBr)cc2c1. The lowest BCUT2D eigenvalue weighted by molar-refractivity contribution is 0.0998. The Morgan fingerprint density at radius 3 is 2.81 bits per heavy atom. The highest BCUT2D eigenvalue weighted by molar-refractivity contribution is 9.08. The zero-order valence-electron chi connectivity index (χ0n) is 11.5. The van der Waals surface area contributed by atoms with Crippen LogP contribution in [0.25, 0.3) is 11.0 Å². The summed E-state index contributed by atoms with van der Waals surface area (Å²) in [7, 11) is 0. The van der Waals surface area contributed by atoms with Gasteiger partial charge in [0.1, 0.15) is 5.58 Å². The summed E-state index contributed by atoms with van der Waals surface area (Å²) < 4.78 is 5.61. The Hall–Kier alpha value is -2.07. The van der Waals surface area contributed by atoms with Crippen molar-refractivity contribution in [3.63, 3.8) is 0 Å². The molecule has 0 spiro atoms. The molecule has 0 fully saturated rings. The molecule has 0 aliphatic carbocycles. The van der Waals surface area contributed by atoms with Gasteiger partial charge in [0.25, 0.3) is 5.91 Å². The smallest absolute Gasteiger partial charge is 0.291 e. The molecule has 4 heteroatoms. The maximum Gasteiger partial charge on any atom is 0.291 e. The molecule has 0 atom stereocenters. The highest BCUT2D eigenvalue weighted by Gasteiger charge is 2.13. The van der Waals surface area contributed by atoms with Crippen molar-refractivity contribution in [1.82, 2.24) is 0 Å². The van der Waals surface area contributed by atoms with Crippen LogP contribution in [0, 0.1) is 6.92 Å². The second-order valence-electron chi connectivity index (χ2n) is 4.90. The molecule has 1 amide bonds. The average Bonchev–Trinajstić information content (AvgIpc) is 2.91. The van der Waals surface area contributed by atoms with Gasteiger partial charge in [-0.05, 0) is 36.8 Å². The number of carbonyl (C=O) groups is 1. The van der Waals surface area contributed by atoms with E-state index in [1.54, 1.807) is 6.07 Å². The molecule has 0 radical (unpaired) electrons. The van der Waals surface area contributed by atoms with Gasteiger partial charge in [-0.1, -0.05) is 45.8 Å². The van der Waals surface area contributed by atoms with Crippen LogP contribution in [-0.4, -0.2) is 5.91 Å². The number of nitrogens with one attached hydrogen (secondary N) is 1. The fourth-order valence-corrected chi connectivity index (χ4v) is 2.71. The van der Waals surface area contributed by atoms with E-state index in [4.69, 9.17) is 4.42 Å². The fraction of sp³-hybridized carbons (Fsp3) is 0.118. The van der Waals surface area contributed by atoms with Gasteiger partial charge < -0.3 is 9.73 Å². The first-order valence-electron chi connectivity index (χ1n) is 6.63. The predicted molar refractivity (Wildman–Crippen MR) is 88.0 cm³/mol. The third kappa shape index (κ3) is 2.85. The van der Waals surface area contributed by atoms with Crippen LogP contribution in [0.3, 0.4) is 0 Å². The van der Waals surface area contributed by atoms with E-state index in [0.29, 0.717) is 11.1 Å². The molecule has 3 rings (SSSR count). The number of halogens is 1. The number of hydrogen-bond donors (Lipinski definition) is 1. The standard InChI is InChI=1S/C17H14BrNO2/c1-11-6-7-15-13(8-11)9-16(21-15)17(20)19-14-5-3-2-4-12(14)10-18/h2-9H,10H2,1H3,(H,19,20). The molecule has 0 bridgehead atoms. The minimum atomic E-state index is -0.239. The van der Waals surface area contributed by atoms with Gasteiger partial charge in [-0.3, -0.25) is 4.79 Å². The van der Waals surface area contributed by atoms with Crippen molar-refractivity contribution in [3.8, 4) is 0 Å². The summed E-state index contributed by atoms with van der Waals surface area (Å²) >= 11 is 3.42. The molecule has 0 aliphatic heterocycles. The van der Waals surface area contributed by atoms with Crippen LogP contribution >= 0.6 is 15.9 Å². The van der Waals surface area contributed by atoms with Gasteiger partial charge in [0, 0.05) is 16.4 Å². The second kappa shape index (κ2) is 5.74.